The zero-order chi connectivity index (χ0) is 12.3. The van der Waals surface area contributed by atoms with Crippen LogP contribution >= 0.6 is 0 Å². The molecule has 92 valence electrons. The number of hydrogen-bond donors (Lipinski definition) is 1. The average molecular weight is 236 g/mol. The summed E-state index contributed by atoms with van der Waals surface area (Å²) in [4.78, 5) is 11.7. The van der Waals surface area contributed by atoms with Crippen molar-refractivity contribution in [1.82, 2.24) is 10.2 Å². The molecule has 0 aromatic carbocycles. The molecule has 5 heteroatoms. The van der Waals surface area contributed by atoms with E-state index in [1.807, 2.05) is 13.0 Å². The molecule has 0 amide bonds. The highest BCUT2D eigenvalue weighted by Crippen LogP contribution is 2.27. The Labute approximate surface area is 99.8 Å². The maximum Gasteiger partial charge on any atom is 0.356 e. The number of allylic oxidation sites excluding steroid dienone is 1. The topological polar surface area (TPSA) is 64.2 Å². The van der Waals surface area contributed by atoms with Gasteiger partial charge in [-0.2, -0.15) is 5.10 Å². The Kier molecular flexibility index (Phi) is 3.46. The van der Waals surface area contributed by atoms with Crippen LogP contribution in [0.4, 0.5) is 0 Å². The number of H-pyrrole nitrogens is 1. The van der Waals surface area contributed by atoms with Crippen molar-refractivity contribution in [3.63, 3.8) is 0 Å². The zero-order valence-electron chi connectivity index (χ0n) is 10.1. The van der Waals surface area contributed by atoms with Crippen molar-refractivity contribution in [2.45, 2.75) is 26.7 Å². The van der Waals surface area contributed by atoms with Crippen molar-refractivity contribution >= 4 is 11.7 Å². The Morgan fingerprint density at radius 1 is 1.47 bits per heavy atom. The predicted molar refractivity (Wildman–Crippen MR) is 62.5 cm³/mol. The van der Waals surface area contributed by atoms with Crippen LogP contribution in [0, 0.1) is 0 Å². The number of ether oxygens (including phenoxy) is 2. The Bertz CT molecular complexity index is 449. The SMILES string of the molecule is CCOC(=O)c1[nH]nc2c1CCC=C2OCC. The van der Waals surface area contributed by atoms with Gasteiger partial charge in [0.25, 0.3) is 0 Å². The minimum absolute atomic E-state index is 0.348. The van der Waals surface area contributed by atoms with Crippen LogP contribution in [0.15, 0.2) is 6.08 Å². The van der Waals surface area contributed by atoms with Crippen LogP contribution in [0.25, 0.3) is 5.76 Å². The first-order chi connectivity index (χ1) is 8.27. The van der Waals surface area contributed by atoms with E-state index in [9.17, 15) is 4.79 Å². The van der Waals surface area contributed by atoms with Crippen LogP contribution < -0.4 is 0 Å². The van der Waals surface area contributed by atoms with Gasteiger partial charge < -0.3 is 9.47 Å². The minimum atomic E-state index is -0.348. The molecule has 1 heterocycles. The van der Waals surface area contributed by atoms with E-state index in [4.69, 9.17) is 9.47 Å². The average Bonchev–Trinajstić information content (AvgIpc) is 2.74. The van der Waals surface area contributed by atoms with Crippen molar-refractivity contribution in [3.8, 4) is 0 Å². The first-order valence-electron chi connectivity index (χ1n) is 5.85. The van der Waals surface area contributed by atoms with Gasteiger partial charge >= 0.3 is 5.97 Å². The van der Waals surface area contributed by atoms with Crippen LogP contribution in [0.3, 0.4) is 0 Å². The lowest BCUT2D eigenvalue weighted by atomic mass is 10.0. The third-order valence-electron chi connectivity index (χ3n) is 2.60. The number of rotatable bonds is 4. The van der Waals surface area contributed by atoms with Gasteiger partial charge in [0.1, 0.15) is 17.1 Å². The molecule has 1 N–H and O–H groups in total. The van der Waals surface area contributed by atoms with Gasteiger partial charge in [0.05, 0.1) is 13.2 Å². The standard InChI is InChI=1S/C12H16N2O3/c1-3-16-9-7-5-6-8-10(9)13-14-11(8)12(15)17-4-2/h7H,3-6H2,1-2H3,(H,13,14). The molecule has 1 aliphatic rings. The second-order valence-electron chi connectivity index (χ2n) is 3.69. The molecule has 0 saturated heterocycles. The zero-order valence-corrected chi connectivity index (χ0v) is 10.1. The van der Waals surface area contributed by atoms with Crippen LogP contribution in [0.5, 0.6) is 0 Å². The Hall–Kier alpha value is -1.78. The lowest BCUT2D eigenvalue weighted by Gasteiger charge is -2.13. The summed E-state index contributed by atoms with van der Waals surface area (Å²) >= 11 is 0. The molecule has 0 spiro atoms. The number of aromatic amines is 1. The first-order valence-corrected chi connectivity index (χ1v) is 5.85. The molecule has 0 aliphatic heterocycles. The van der Waals surface area contributed by atoms with Gasteiger partial charge in [0.15, 0.2) is 0 Å². The molecule has 0 fully saturated rings. The number of nitrogens with one attached hydrogen (secondary N) is 1. The lowest BCUT2D eigenvalue weighted by molar-refractivity contribution is 0.0518. The normalized spacial score (nSPS) is 13.9. The minimum Gasteiger partial charge on any atom is -0.492 e. The molecule has 1 aromatic rings. The molecular weight excluding hydrogens is 220 g/mol. The summed E-state index contributed by atoms with van der Waals surface area (Å²) in [6.07, 6.45) is 3.65. The smallest absolute Gasteiger partial charge is 0.356 e. The fourth-order valence-electron chi connectivity index (χ4n) is 1.91. The molecule has 1 aliphatic carbocycles. The van der Waals surface area contributed by atoms with Crippen molar-refractivity contribution in [2.75, 3.05) is 13.2 Å². The fraction of sp³-hybridized carbons (Fsp3) is 0.500. The molecular formula is C12H16N2O3. The van der Waals surface area contributed by atoms with Gasteiger partial charge in [-0.05, 0) is 32.8 Å². The van der Waals surface area contributed by atoms with Crippen LogP contribution in [-0.2, 0) is 15.9 Å². The number of carbonyl (C=O) groups excluding carboxylic acids is 1. The molecule has 0 atom stereocenters. The van der Waals surface area contributed by atoms with E-state index in [-0.39, 0.29) is 5.97 Å². The second-order valence-corrected chi connectivity index (χ2v) is 3.69. The van der Waals surface area contributed by atoms with Crippen LogP contribution in [0.2, 0.25) is 0 Å². The number of nitrogens with zero attached hydrogens (tertiary/aromatic N) is 1. The highest BCUT2D eigenvalue weighted by Gasteiger charge is 2.24. The number of aromatic nitrogens is 2. The van der Waals surface area contributed by atoms with E-state index in [0.29, 0.717) is 18.9 Å². The number of carbonyl (C=O) groups is 1. The van der Waals surface area contributed by atoms with E-state index in [2.05, 4.69) is 10.2 Å². The third kappa shape index (κ3) is 2.18. The molecule has 5 nitrogen and oxygen atoms in total. The Balaban J connectivity index is 2.30. The molecule has 0 radical (unpaired) electrons. The molecule has 1 aromatic heterocycles. The monoisotopic (exact) mass is 236 g/mol. The molecule has 0 unspecified atom stereocenters. The first kappa shape index (κ1) is 11.7. The molecule has 0 saturated carbocycles. The Morgan fingerprint density at radius 2 is 2.29 bits per heavy atom. The van der Waals surface area contributed by atoms with Crippen molar-refractivity contribution in [1.29, 1.82) is 0 Å². The number of fused-ring (bicyclic) bond motifs is 1. The summed E-state index contributed by atoms with van der Waals surface area (Å²) in [5, 5.41) is 6.88. The van der Waals surface area contributed by atoms with Gasteiger partial charge in [-0.3, -0.25) is 5.10 Å². The van der Waals surface area contributed by atoms with Gasteiger partial charge in [0, 0.05) is 5.56 Å². The summed E-state index contributed by atoms with van der Waals surface area (Å²) in [5.74, 6) is 0.402. The molecule has 0 bridgehead atoms. The molecule has 2 rings (SSSR count). The van der Waals surface area contributed by atoms with Crippen molar-refractivity contribution in [2.24, 2.45) is 0 Å². The lowest BCUT2D eigenvalue weighted by Crippen LogP contribution is -2.10. The Morgan fingerprint density at radius 3 is 3.00 bits per heavy atom. The maximum atomic E-state index is 11.7. The number of esters is 1. The maximum absolute atomic E-state index is 11.7. The highest BCUT2D eigenvalue weighted by molar-refractivity contribution is 5.90. The summed E-state index contributed by atoms with van der Waals surface area (Å²) in [5.41, 5.74) is 2.09. The van der Waals surface area contributed by atoms with Gasteiger partial charge in [0.2, 0.25) is 0 Å². The van der Waals surface area contributed by atoms with E-state index >= 15 is 0 Å². The van der Waals surface area contributed by atoms with Gasteiger partial charge in [-0.15, -0.1) is 0 Å². The fourth-order valence-corrected chi connectivity index (χ4v) is 1.91. The van der Waals surface area contributed by atoms with E-state index in [0.717, 1.165) is 29.9 Å². The number of hydrogen-bond acceptors (Lipinski definition) is 4. The second kappa shape index (κ2) is 5.03. The van der Waals surface area contributed by atoms with E-state index < -0.39 is 0 Å². The largest absolute Gasteiger partial charge is 0.492 e. The van der Waals surface area contributed by atoms with Crippen LogP contribution in [0.1, 0.15) is 42.0 Å². The van der Waals surface area contributed by atoms with E-state index in [1.54, 1.807) is 6.92 Å². The summed E-state index contributed by atoms with van der Waals surface area (Å²) < 4.78 is 10.5. The molecule has 17 heavy (non-hydrogen) atoms. The predicted octanol–water partition coefficient (Wildman–Crippen LogP) is 1.91. The van der Waals surface area contributed by atoms with Gasteiger partial charge in [-0.1, -0.05) is 0 Å². The summed E-state index contributed by atoms with van der Waals surface area (Å²) in [7, 11) is 0. The summed E-state index contributed by atoms with van der Waals surface area (Å²) in [6.45, 7) is 4.66. The van der Waals surface area contributed by atoms with Gasteiger partial charge in [-0.25, -0.2) is 4.79 Å². The van der Waals surface area contributed by atoms with Crippen LogP contribution in [-0.4, -0.2) is 29.4 Å². The summed E-state index contributed by atoms with van der Waals surface area (Å²) in [6, 6.07) is 0. The third-order valence-corrected chi connectivity index (χ3v) is 2.60. The highest BCUT2D eigenvalue weighted by atomic mass is 16.5. The van der Waals surface area contributed by atoms with E-state index in [1.165, 1.54) is 0 Å². The van der Waals surface area contributed by atoms with Crippen molar-refractivity contribution < 1.29 is 14.3 Å². The quantitative estimate of drug-likeness (QED) is 0.811. The van der Waals surface area contributed by atoms with Crippen molar-refractivity contribution in [3.05, 3.63) is 23.0 Å².